The zero-order valence-electron chi connectivity index (χ0n) is 27.1. The third kappa shape index (κ3) is 10.1. The minimum absolute atomic E-state index is 0.193. The van der Waals surface area contributed by atoms with Crippen LogP contribution < -0.4 is 15.4 Å². The van der Waals surface area contributed by atoms with E-state index in [0.29, 0.717) is 23.5 Å². The number of anilines is 2. The van der Waals surface area contributed by atoms with Crippen LogP contribution in [0, 0.1) is 5.92 Å². The number of carboxylic acids is 1. The molecular formula is C36H39N5O7. The van der Waals surface area contributed by atoms with E-state index in [1.54, 1.807) is 54.7 Å². The van der Waals surface area contributed by atoms with Crippen molar-refractivity contribution in [2.75, 3.05) is 43.9 Å². The number of pyridine rings is 1. The number of carbonyl (C=O) groups excluding carboxylic acids is 4. The molecule has 0 aliphatic carbocycles. The average molecular weight is 654 g/mol. The van der Waals surface area contributed by atoms with E-state index in [9.17, 15) is 29.1 Å². The molecular weight excluding hydrogens is 614 g/mol. The molecule has 12 heteroatoms. The normalized spacial score (nSPS) is 10.8. The van der Waals surface area contributed by atoms with E-state index >= 15 is 0 Å². The Hall–Kier alpha value is -5.78. The van der Waals surface area contributed by atoms with Gasteiger partial charge < -0.3 is 30.3 Å². The first-order valence-electron chi connectivity index (χ1n) is 15.5. The Labute approximate surface area is 278 Å². The number of aliphatic carboxylic acids is 1. The third-order valence-corrected chi connectivity index (χ3v) is 7.48. The number of benzene rings is 3. The molecule has 0 saturated heterocycles. The van der Waals surface area contributed by atoms with Crippen LogP contribution in [0.15, 0.2) is 85.1 Å². The lowest BCUT2D eigenvalue weighted by Crippen LogP contribution is -2.46. The molecule has 4 amide bonds. The van der Waals surface area contributed by atoms with Crippen molar-refractivity contribution < 1.29 is 33.8 Å². The first-order valence-corrected chi connectivity index (χ1v) is 15.5. The minimum Gasteiger partial charge on any atom is -0.497 e. The first kappa shape index (κ1) is 35.1. The topological polar surface area (TPSA) is 158 Å². The van der Waals surface area contributed by atoms with Gasteiger partial charge in [-0.25, -0.2) is 0 Å². The van der Waals surface area contributed by atoms with Gasteiger partial charge in [0.05, 0.1) is 20.1 Å². The number of amides is 4. The van der Waals surface area contributed by atoms with Crippen LogP contribution in [0.1, 0.15) is 47.5 Å². The molecule has 0 unspecified atom stereocenters. The lowest BCUT2D eigenvalue weighted by Gasteiger charge is -2.28. The highest BCUT2D eigenvalue weighted by molar-refractivity contribution is 6.05. The molecule has 0 aliphatic heterocycles. The molecule has 250 valence electrons. The Kier molecular flexibility index (Phi) is 12.2. The summed E-state index contributed by atoms with van der Waals surface area (Å²) >= 11 is 0. The summed E-state index contributed by atoms with van der Waals surface area (Å²) in [5, 5.41) is 16.7. The summed E-state index contributed by atoms with van der Waals surface area (Å²) in [6.07, 6.45) is 1.90. The molecule has 4 rings (SSSR count). The molecule has 0 radical (unpaired) electrons. The molecule has 3 aromatic carbocycles. The number of fused-ring (bicyclic) bond motifs is 1. The van der Waals surface area contributed by atoms with Gasteiger partial charge in [0.25, 0.3) is 11.8 Å². The van der Waals surface area contributed by atoms with Crippen molar-refractivity contribution in [1.29, 1.82) is 0 Å². The van der Waals surface area contributed by atoms with E-state index in [4.69, 9.17) is 4.74 Å². The van der Waals surface area contributed by atoms with Gasteiger partial charge in [-0.1, -0.05) is 44.2 Å². The number of hydrogen-bond donors (Lipinski definition) is 3. The van der Waals surface area contributed by atoms with Gasteiger partial charge in [0, 0.05) is 41.6 Å². The maximum Gasteiger partial charge on any atom is 0.305 e. The van der Waals surface area contributed by atoms with Gasteiger partial charge in [0.15, 0.2) is 0 Å². The Bertz CT molecular complexity index is 1770. The molecule has 0 bridgehead atoms. The number of rotatable bonds is 15. The van der Waals surface area contributed by atoms with Crippen LogP contribution >= 0.6 is 0 Å². The van der Waals surface area contributed by atoms with E-state index in [1.807, 2.05) is 38.1 Å². The molecule has 0 saturated carbocycles. The molecule has 4 aromatic rings. The van der Waals surface area contributed by atoms with Crippen molar-refractivity contribution >= 4 is 51.7 Å². The van der Waals surface area contributed by atoms with Gasteiger partial charge in [-0.3, -0.25) is 29.0 Å². The van der Waals surface area contributed by atoms with Crippen LogP contribution in [0.4, 0.5) is 11.4 Å². The summed E-state index contributed by atoms with van der Waals surface area (Å²) in [6, 6.07) is 22.2. The fourth-order valence-electron chi connectivity index (χ4n) is 4.80. The Morgan fingerprint density at radius 1 is 0.812 bits per heavy atom. The lowest BCUT2D eigenvalue weighted by atomic mass is 10.1. The van der Waals surface area contributed by atoms with Crippen molar-refractivity contribution in [2.24, 2.45) is 5.92 Å². The maximum absolute atomic E-state index is 13.5. The van der Waals surface area contributed by atoms with E-state index in [-0.39, 0.29) is 49.1 Å². The molecule has 48 heavy (non-hydrogen) atoms. The average Bonchev–Trinajstić information content (AvgIpc) is 3.08. The smallest absolute Gasteiger partial charge is 0.305 e. The van der Waals surface area contributed by atoms with Crippen molar-refractivity contribution in [3.8, 4) is 5.75 Å². The SMILES string of the molecule is COc1cccc(C(=O)N(CCC(=O)O)CC(=O)N(CCC(C)C)CC(=O)Nc2ccc(NC(=O)c3cc4ccccc4cn3)cc2)c1. The number of carbonyl (C=O) groups is 5. The molecule has 0 atom stereocenters. The second-order valence-corrected chi connectivity index (χ2v) is 11.6. The quantitative estimate of drug-likeness (QED) is 0.163. The second kappa shape index (κ2) is 16.7. The predicted molar refractivity (Wildman–Crippen MR) is 182 cm³/mol. The first-order chi connectivity index (χ1) is 23.0. The number of ether oxygens (including phenoxy) is 1. The van der Waals surface area contributed by atoms with E-state index in [2.05, 4.69) is 15.6 Å². The Morgan fingerprint density at radius 3 is 2.17 bits per heavy atom. The number of carboxylic acid groups (broad SMARTS) is 1. The predicted octanol–water partition coefficient (Wildman–Crippen LogP) is 4.93. The summed E-state index contributed by atoms with van der Waals surface area (Å²) in [4.78, 5) is 70.9. The number of nitrogens with one attached hydrogen (secondary N) is 2. The van der Waals surface area contributed by atoms with Crippen molar-refractivity contribution in [2.45, 2.75) is 26.7 Å². The zero-order chi connectivity index (χ0) is 34.6. The summed E-state index contributed by atoms with van der Waals surface area (Å²) in [6.45, 7) is 3.36. The van der Waals surface area contributed by atoms with Crippen LogP contribution in [0.3, 0.4) is 0 Å². The largest absolute Gasteiger partial charge is 0.497 e. The van der Waals surface area contributed by atoms with E-state index in [0.717, 1.165) is 10.8 Å². The Balaban J connectivity index is 1.40. The summed E-state index contributed by atoms with van der Waals surface area (Å²) in [5.41, 5.74) is 1.47. The highest BCUT2D eigenvalue weighted by atomic mass is 16.5. The molecule has 1 heterocycles. The third-order valence-electron chi connectivity index (χ3n) is 7.48. The molecule has 0 fully saturated rings. The maximum atomic E-state index is 13.5. The van der Waals surface area contributed by atoms with E-state index in [1.165, 1.54) is 23.0 Å². The van der Waals surface area contributed by atoms with E-state index < -0.39 is 30.2 Å². The van der Waals surface area contributed by atoms with Crippen LogP contribution in [0.5, 0.6) is 5.75 Å². The van der Waals surface area contributed by atoms with Gasteiger partial charge in [-0.2, -0.15) is 0 Å². The van der Waals surface area contributed by atoms with Gasteiger partial charge in [-0.15, -0.1) is 0 Å². The number of methoxy groups -OCH3 is 1. The molecule has 0 aliphatic rings. The van der Waals surface area contributed by atoms with Gasteiger partial charge in [-0.05, 0) is 66.3 Å². The lowest BCUT2D eigenvalue weighted by molar-refractivity contribution is -0.138. The standard InChI is InChI=1S/C36H39N5O7/c1-24(2)15-17-40(33(43)23-41(18-16-34(44)45)36(47)26-9-6-10-30(19-26)48-3)22-32(42)38-28-11-13-29(14-12-28)39-35(46)31-20-25-7-4-5-8-27(25)21-37-31/h4-14,19-21,24H,15-18,22-23H2,1-3H3,(H,38,42)(H,39,46)(H,44,45). The van der Waals surface area contributed by atoms with Crippen molar-refractivity contribution in [1.82, 2.24) is 14.8 Å². The molecule has 1 aromatic heterocycles. The summed E-state index contributed by atoms with van der Waals surface area (Å²) in [7, 11) is 1.46. The summed E-state index contributed by atoms with van der Waals surface area (Å²) in [5.74, 6) is -2.29. The number of nitrogens with zero attached hydrogens (tertiary/aromatic N) is 3. The van der Waals surface area contributed by atoms with Crippen LogP contribution in [0.25, 0.3) is 10.8 Å². The monoisotopic (exact) mass is 653 g/mol. The second-order valence-electron chi connectivity index (χ2n) is 11.6. The van der Waals surface area contributed by atoms with Crippen LogP contribution in [-0.4, -0.2) is 82.8 Å². The molecule has 0 spiro atoms. The van der Waals surface area contributed by atoms with Crippen molar-refractivity contribution in [3.05, 3.63) is 96.3 Å². The number of aromatic nitrogens is 1. The number of hydrogen-bond acceptors (Lipinski definition) is 7. The fourth-order valence-corrected chi connectivity index (χ4v) is 4.80. The molecule has 12 nitrogen and oxygen atoms in total. The summed E-state index contributed by atoms with van der Waals surface area (Å²) < 4.78 is 5.20. The Morgan fingerprint density at radius 2 is 1.50 bits per heavy atom. The highest BCUT2D eigenvalue weighted by Crippen LogP contribution is 2.18. The van der Waals surface area contributed by atoms with Gasteiger partial charge in [0.2, 0.25) is 11.8 Å². The molecule has 3 N–H and O–H groups in total. The minimum atomic E-state index is -1.11. The highest BCUT2D eigenvalue weighted by Gasteiger charge is 2.25. The van der Waals surface area contributed by atoms with Crippen LogP contribution in [0.2, 0.25) is 0 Å². The van der Waals surface area contributed by atoms with Crippen LogP contribution in [-0.2, 0) is 14.4 Å². The fraction of sp³-hybridized carbons (Fsp3) is 0.278. The van der Waals surface area contributed by atoms with Gasteiger partial charge in [0.1, 0.15) is 18.0 Å². The van der Waals surface area contributed by atoms with Crippen molar-refractivity contribution in [3.63, 3.8) is 0 Å². The zero-order valence-corrected chi connectivity index (χ0v) is 27.1. The van der Waals surface area contributed by atoms with Gasteiger partial charge >= 0.3 is 5.97 Å².